The van der Waals surface area contributed by atoms with Gasteiger partial charge in [-0.2, -0.15) is 0 Å². The summed E-state index contributed by atoms with van der Waals surface area (Å²) in [5, 5.41) is 11.7. The first kappa shape index (κ1) is 19.4. The smallest absolute Gasteiger partial charge is 0.326 e. The van der Waals surface area contributed by atoms with E-state index in [1.54, 1.807) is 0 Å². The first-order valence-electron chi connectivity index (χ1n) is 7.42. The average Bonchev–Trinajstić information content (AvgIpc) is 2.44. The second-order valence-electron chi connectivity index (χ2n) is 5.21. The number of nitrogens with one attached hydrogen (secondary N) is 1. The molecule has 5 heteroatoms. The summed E-state index contributed by atoms with van der Waals surface area (Å²) >= 11 is 0. The second kappa shape index (κ2) is 11.1. The van der Waals surface area contributed by atoms with Crippen LogP contribution in [0.2, 0.25) is 0 Å². The third-order valence-electron chi connectivity index (χ3n) is 3.45. The van der Waals surface area contributed by atoms with Gasteiger partial charge < -0.3 is 10.4 Å². The van der Waals surface area contributed by atoms with Crippen LogP contribution in [0.3, 0.4) is 0 Å². The molecule has 0 aromatic carbocycles. The normalized spacial score (nSPS) is 13.5. The minimum absolute atomic E-state index is 0.0792. The molecule has 0 aromatic heterocycles. The number of rotatable bonds is 12. The maximum atomic E-state index is 11.8. The Morgan fingerprint density at radius 3 is 2.29 bits per heavy atom. The highest BCUT2D eigenvalue weighted by atomic mass is 16.4. The summed E-state index contributed by atoms with van der Waals surface area (Å²) in [6.07, 6.45) is 5.34. The lowest BCUT2D eigenvalue weighted by Crippen LogP contribution is -2.45. The molecule has 0 saturated heterocycles. The lowest BCUT2D eigenvalue weighted by molar-refractivity contribution is -0.143. The Labute approximate surface area is 127 Å². The molecule has 0 heterocycles. The molecular weight excluding hydrogens is 268 g/mol. The highest BCUT2D eigenvalue weighted by molar-refractivity contribution is 5.83. The van der Waals surface area contributed by atoms with Crippen molar-refractivity contribution in [3.8, 4) is 0 Å². The molecule has 0 saturated carbocycles. The van der Waals surface area contributed by atoms with Crippen molar-refractivity contribution < 1.29 is 14.7 Å². The molecule has 0 aliphatic rings. The van der Waals surface area contributed by atoms with E-state index in [9.17, 15) is 9.59 Å². The van der Waals surface area contributed by atoms with Gasteiger partial charge in [-0.05, 0) is 18.9 Å². The van der Waals surface area contributed by atoms with E-state index >= 15 is 0 Å². The zero-order valence-corrected chi connectivity index (χ0v) is 13.2. The van der Waals surface area contributed by atoms with Crippen molar-refractivity contribution in [2.45, 2.75) is 39.2 Å². The minimum Gasteiger partial charge on any atom is -0.480 e. The number of carboxylic acid groups (broad SMARTS) is 1. The Balaban J connectivity index is 4.20. The van der Waals surface area contributed by atoms with Gasteiger partial charge in [0.25, 0.3) is 0 Å². The van der Waals surface area contributed by atoms with Gasteiger partial charge in [0.1, 0.15) is 6.04 Å². The van der Waals surface area contributed by atoms with E-state index in [0.29, 0.717) is 19.3 Å². The Morgan fingerprint density at radius 1 is 1.29 bits per heavy atom. The number of aliphatic carboxylic acids is 1. The molecule has 2 unspecified atom stereocenters. The van der Waals surface area contributed by atoms with Gasteiger partial charge in [0, 0.05) is 19.5 Å². The predicted molar refractivity (Wildman–Crippen MR) is 85.1 cm³/mol. The minimum atomic E-state index is -0.974. The van der Waals surface area contributed by atoms with Crippen molar-refractivity contribution in [3.63, 3.8) is 0 Å². The number of carboxylic acids is 1. The van der Waals surface area contributed by atoms with Crippen molar-refractivity contribution in [3.05, 3.63) is 25.3 Å². The Morgan fingerprint density at radius 2 is 1.86 bits per heavy atom. The van der Waals surface area contributed by atoms with Gasteiger partial charge >= 0.3 is 5.97 Å². The molecule has 0 fully saturated rings. The van der Waals surface area contributed by atoms with Crippen molar-refractivity contribution in [1.29, 1.82) is 0 Å². The van der Waals surface area contributed by atoms with E-state index in [2.05, 4.69) is 23.4 Å². The fourth-order valence-electron chi connectivity index (χ4n) is 2.01. The van der Waals surface area contributed by atoms with Crippen molar-refractivity contribution in [2.24, 2.45) is 5.92 Å². The van der Waals surface area contributed by atoms with Crippen molar-refractivity contribution in [1.82, 2.24) is 10.2 Å². The number of hydrogen-bond donors (Lipinski definition) is 2. The number of nitrogens with zero attached hydrogens (tertiary/aromatic N) is 1. The van der Waals surface area contributed by atoms with Gasteiger partial charge in [-0.3, -0.25) is 9.69 Å². The summed E-state index contributed by atoms with van der Waals surface area (Å²) in [5.41, 5.74) is 0. The fourth-order valence-corrected chi connectivity index (χ4v) is 2.01. The largest absolute Gasteiger partial charge is 0.480 e. The van der Waals surface area contributed by atoms with E-state index in [0.717, 1.165) is 19.6 Å². The molecule has 5 nitrogen and oxygen atoms in total. The van der Waals surface area contributed by atoms with Crippen LogP contribution in [0.4, 0.5) is 0 Å². The van der Waals surface area contributed by atoms with Crippen molar-refractivity contribution >= 4 is 11.9 Å². The Bertz CT molecular complexity index is 345. The van der Waals surface area contributed by atoms with Gasteiger partial charge in [-0.15, -0.1) is 13.2 Å². The highest BCUT2D eigenvalue weighted by Crippen LogP contribution is 2.08. The molecule has 0 aliphatic heterocycles. The van der Waals surface area contributed by atoms with Gasteiger partial charge in [-0.1, -0.05) is 32.4 Å². The van der Waals surface area contributed by atoms with Crippen LogP contribution in [-0.4, -0.2) is 47.6 Å². The summed E-state index contributed by atoms with van der Waals surface area (Å²) in [7, 11) is 0. The van der Waals surface area contributed by atoms with Gasteiger partial charge in [0.15, 0.2) is 0 Å². The van der Waals surface area contributed by atoms with Crippen LogP contribution in [0.15, 0.2) is 25.3 Å². The van der Waals surface area contributed by atoms with Crippen LogP contribution < -0.4 is 5.32 Å². The van der Waals surface area contributed by atoms with Crippen LogP contribution in [0.5, 0.6) is 0 Å². The maximum absolute atomic E-state index is 11.8. The molecule has 2 N–H and O–H groups in total. The van der Waals surface area contributed by atoms with Crippen LogP contribution in [0.1, 0.15) is 33.1 Å². The Hall–Kier alpha value is -1.62. The van der Waals surface area contributed by atoms with E-state index in [1.165, 1.54) is 0 Å². The standard InChI is InChI=1S/C16H28N2O3/c1-5-10-18(11-6-2)12-8-9-14(19)17-15(16(20)21)13(4)7-3/h5-6,13,15H,1-2,7-12H2,3-4H3,(H,17,19)(H,20,21). The van der Waals surface area contributed by atoms with Gasteiger partial charge in [0.05, 0.1) is 0 Å². The van der Waals surface area contributed by atoms with E-state index in [1.807, 2.05) is 26.0 Å². The van der Waals surface area contributed by atoms with Gasteiger partial charge in [-0.25, -0.2) is 4.79 Å². The molecule has 0 aromatic rings. The molecule has 120 valence electrons. The summed E-state index contributed by atoms with van der Waals surface area (Å²) in [6, 6.07) is -0.806. The van der Waals surface area contributed by atoms with Crippen LogP contribution in [-0.2, 0) is 9.59 Å². The predicted octanol–water partition coefficient (Wildman–Crippen LogP) is 2.06. The SMILES string of the molecule is C=CCN(CC=C)CCCC(=O)NC(C(=O)O)C(C)CC. The lowest BCUT2D eigenvalue weighted by atomic mass is 9.99. The molecule has 21 heavy (non-hydrogen) atoms. The maximum Gasteiger partial charge on any atom is 0.326 e. The lowest BCUT2D eigenvalue weighted by Gasteiger charge is -2.21. The number of carbonyl (C=O) groups is 2. The van der Waals surface area contributed by atoms with E-state index in [4.69, 9.17) is 5.11 Å². The summed E-state index contributed by atoms with van der Waals surface area (Å²) in [6.45, 7) is 13.4. The van der Waals surface area contributed by atoms with E-state index < -0.39 is 12.0 Å². The van der Waals surface area contributed by atoms with E-state index in [-0.39, 0.29) is 11.8 Å². The number of amides is 1. The Kier molecular flexibility index (Phi) is 10.2. The quantitative estimate of drug-likeness (QED) is 0.541. The molecule has 2 atom stereocenters. The fraction of sp³-hybridized carbons (Fsp3) is 0.625. The first-order valence-corrected chi connectivity index (χ1v) is 7.42. The zero-order chi connectivity index (χ0) is 16.3. The number of carbonyl (C=O) groups excluding carboxylic acids is 1. The van der Waals surface area contributed by atoms with Crippen LogP contribution >= 0.6 is 0 Å². The summed E-state index contributed by atoms with van der Waals surface area (Å²) in [4.78, 5) is 25.1. The summed E-state index contributed by atoms with van der Waals surface area (Å²) < 4.78 is 0. The van der Waals surface area contributed by atoms with Gasteiger partial charge in [0.2, 0.25) is 5.91 Å². The second-order valence-corrected chi connectivity index (χ2v) is 5.21. The zero-order valence-electron chi connectivity index (χ0n) is 13.2. The monoisotopic (exact) mass is 296 g/mol. The van der Waals surface area contributed by atoms with Crippen LogP contribution in [0.25, 0.3) is 0 Å². The molecular formula is C16H28N2O3. The molecule has 0 rings (SSSR count). The first-order chi connectivity index (χ1) is 9.96. The topological polar surface area (TPSA) is 69.6 Å². The molecule has 0 aliphatic carbocycles. The average molecular weight is 296 g/mol. The molecule has 0 radical (unpaired) electrons. The molecule has 1 amide bonds. The summed E-state index contributed by atoms with van der Waals surface area (Å²) in [5.74, 6) is -1.26. The third kappa shape index (κ3) is 8.30. The highest BCUT2D eigenvalue weighted by Gasteiger charge is 2.24. The molecule has 0 spiro atoms. The number of hydrogen-bond acceptors (Lipinski definition) is 3. The third-order valence-corrected chi connectivity index (χ3v) is 3.45. The van der Waals surface area contributed by atoms with Crippen molar-refractivity contribution in [2.75, 3.05) is 19.6 Å². The van der Waals surface area contributed by atoms with Crippen LogP contribution in [0, 0.1) is 5.92 Å². The molecule has 0 bridgehead atoms.